The Kier molecular flexibility index (Phi) is 4.65. The maximum Gasteiger partial charge on any atom is 0.124 e. The minimum absolute atomic E-state index is 0.00478. The zero-order valence-electron chi connectivity index (χ0n) is 9.06. The summed E-state index contributed by atoms with van der Waals surface area (Å²) in [5, 5.41) is 8.65. The van der Waals surface area contributed by atoms with Crippen molar-refractivity contribution in [3.8, 4) is 11.8 Å². The zero-order chi connectivity index (χ0) is 11.1. The van der Waals surface area contributed by atoms with E-state index >= 15 is 0 Å². The molecule has 1 atom stereocenters. The van der Waals surface area contributed by atoms with Gasteiger partial charge in [0.05, 0.1) is 19.1 Å². The van der Waals surface area contributed by atoms with Crippen LogP contribution < -0.4 is 4.74 Å². The number of ether oxygens (including phenoxy) is 2. The standard InChI is InChI=1S/C12H15NO2/c1-10(9-14-2)15-12-6-4-3-5-11(12)7-8-13/h3-6,10H,7,9H2,1-2H3/t10-/m1/s1. The predicted octanol–water partition coefficient (Wildman–Crippen LogP) is 2.17. The molecule has 0 radical (unpaired) electrons. The molecule has 15 heavy (non-hydrogen) atoms. The van der Waals surface area contributed by atoms with Gasteiger partial charge in [-0.25, -0.2) is 0 Å². The fourth-order valence-electron chi connectivity index (χ4n) is 1.34. The van der Waals surface area contributed by atoms with Crippen LogP contribution in [0.4, 0.5) is 0 Å². The van der Waals surface area contributed by atoms with Gasteiger partial charge in [0.25, 0.3) is 0 Å². The Bertz CT molecular complexity index is 344. The van der Waals surface area contributed by atoms with Crippen molar-refractivity contribution in [3.63, 3.8) is 0 Å². The van der Waals surface area contributed by atoms with Crippen molar-refractivity contribution in [2.45, 2.75) is 19.4 Å². The van der Waals surface area contributed by atoms with Crippen molar-refractivity contribution >= 4 is 0 Å². The van der Waals surface area contributed by atoms with Crippen molar-refractivity contribution in [1.29, 1.82) is 5.26 Å². The Morgan fingerprint density at radius 1 is 1.40 bits per heavy atom. The van der Waals surface area contributed by atoms with Crippen molar-refractivity contribution in [2.75, 3.05) is 13.7 Å². The van der Waals surface area contributed by atoms with E-state index in [2.05, 4.69) is 6.07 Å². The molecule has 1 aromatic carbocycles. The van der Waals surface area contributed by atoms with E-state index in [1.54, 1.807) is 7.11 Å². The summed E-state index contributed by atoms with van der Waals surface area (Å²) < 4.78 is 10.6. The Hall–Kier alpha value is -1.53. The van der Waals surface area contributed by atoms with Gasteiger partial charge in [-0.15, -0.1) is 0 Å². The van der Waals surface area contributed by atoms with Gasteiger partial charge in [0, 0.05) is 12.7 Å². The summed E-state index contributed by atoms with van der Waals surface area (Å²) in [6, 6.07) is 9.69. The van der Waals surface area contributed by atoms with Crippen LogP contribution in [0.25, 0.3) is 0 Å². The maximum absolute atomic E-state index is 8.65. The summed E-state index contributed by atoms with van der Waals surface area (Å²) in [6.07, 6.45) is 0.366. The Morgan fingerprint density at radius 2 is 2.13 bits per heavy atom. The SMILES string of the molecule is COC[C@@H](C)Oc1ccccc1CC#N. The van der Waals surface area contributed by atoms with Gasteiger partial charge in [0.15, 0.2) is 0 Å². The summed E-state index contributed by atoms with van der Waals surface area (Å²) in [4.78, 5) is 0. The monoisotopic (exact) mass is 205 g/mol. The Balaban J connectivity index is 2.71. The molecule has 0 N–H and O–H groups in total. The van der Waals surface area contributed by atoms with Crippen LogP contribution in [0.2, 0.25) is 0 Å². The summed E-state index contributed by atoms with van der Waals surface area (Å²) in [7, 11) is 1.64. The topological polar surface area (TPSA) is 42.2 Å². The molecule has 80 valence electrons. The van der Waals surface area contributed by atoms with Crippen LogP contribution in [-0.4, -0.2) is 19.8 Å². The quantitative estimate of drug-likeness (QED) is 0.739. The molecule has 0 saturated carbocycles. The van der Waals surface area contributed by atoms with Gasteiger partial charge in [-0.1, -0.05) is 18.2 Å². The third-order valence-electron chi connectivity index (χ3n) is 1.97. The van der Waals surface area contributed by atoms with Gasteiger partial charge in [0.2, 0.25) is 0 Å². The van der Waals surface area contributed by atoms with Crippen LogP contribution in [0.3, 0.4) is 0 Å². The van der Waals surface area contributed by atoms with Crippen LogP contribution in [0.1, 0.15) is 12.5 Å². The third kappa shape index (κ3) is 3.61. The second-order valence-corrected chi connectivity index (χ2v) is 3.33. The molecule has 0 unspecified atom stereocenters. The smallest absolute Gasteiger partial charge is 0.124 e. The fourth-order valence-corrected chi connectivity index (χ4v) is 1.34. The second kappa shape index (κ2) is 6.05. The number of methoxy groups -OCH3 is 1. The second-order valence-electron chi connectivity index (χ2n) is 3.33. The molecule has 3 nitrogen and oxygen atoms in total. The van der Waals surface area contributed by atoms with Crippen molar-refractivity contribution in [3.05, 3.63) is 29.8 Å². The van der Waals surface area contributed by atoms with Gasteiger partial charge in [-0.3, -0.25) is 0 Å². The van der Waals surface area contributed by atoms with Gasteiger partial charge in [0.1, 0.15) is 11.9 Å². The van der Waals surface area contributed by atoms with E-state index in [4.69, 9.17) is 14.7 Å². The molecule has 0 fully saturated rings. The largest absolute Gasteiger partial charge is 0.488 e. The molecule has 1 aromatic rings. The highest BCUT2D eigenvalue weighted by Crippen LogP contribution is 2.19. The fraction of sp³-hybridized carbons (Fsp3) is 0.417. The first-order valence-electron chi connectivity index (χ1n) is 4.88. The predicted molar refractivity (Wildman–Crippen MR) is 57.7 cm³/mol. The first-order chi connectivity index (χ1) is 7.27. The van der Waals surface area contributed by atoms with Crippen molar-refractivity contribution in [2.24, 2.45) is 0 Å². The van der Waals surface area contributed by atoms with E-state index in [-0.39, 0.29) is 6.10 Å². The van der Waals surface area contributed by atoms with E-state index < -0.39 is 0 Å². The van der Waals surface area contributed by atoms with Gasteiger partial charge >= 0.3 is 0 Å². The Morgan fingerprint density at radius 3 is 2.80 bits per heavy atom. The molecule has 0 aliphatic heterocycles. The number of nitriles is 1. The lowest BCUT2D eigenvalue weighted by molar-refractivity contribution is 0.0915. The minimum atomic E-state index is -0.00478. The molecule has 0 saturated heterocycles. The third-order valence-corrected chi connectivity index (χ3v) is 1.97. The van der Waals surface area contributed by atoms with E-state index in [0.717, 1.165) is 11.3 Å². The molecule has 0 heterocycles. The van der Waals surface area contributed by atoms with E-state index in [9.17, 15) is 0 Å². The Labute approximate surface area is 90.2 Å². The van der Waals surface area contributed by atoms with Crippen molar-refractivity contribution in [1.82, 2.24) is 0 Å². The minimum Gasteiger partial charge on any atom is -0.488 e. The number of rotatable bonds is 5. The van der Waals surface area contributed by atoms with Crippen LogP contribution >= 0.6 is 0 Å². The van der Waals surface area contributed by atoms with Crippen LogP contribution in [0, 0.1) is 11.3 Å². The van der Waals surface area contributed by atoms with Crippen LogP contribution in [-0.2, 0) is 11.2 Å². The first kappa shape index (κ1) is 11.5. The highest BCUT2D eigenvalue weighted by molar-refractivity contribution is 5.35. The summed E-state index contributed by atoms with van der Waals surface area (Å²) in [5.41, 5.74) is 0.919. The normalized spacial score (nSPS) is 11.8. The summed E-state index contributed by atoms with van der Waals surface area (Å²) >= 11 is 0. The molecular formula is C12H15NO2. The maximum atomic E-state index is 8.65. The van der Waals surface area contributed by atoms with Crippen LogP contribution in [0.5, 0.6) is 5.75 Å². The lowest BCUT2D eigenvalue weighted by Crippen LogP contribution is -2.18. The van der Waals surface area contributed by atoms with E-state index in [1.807, 2.05) is 31.2 Å². The molecule has 0 aromatic heterocycles. The molecule has 0 spiro atoms. The molecule has 0 amide bonds. The highest BCUT2D eigenvalue weighted by atomic mass is 16.5. The van der Waals surface area contributed by atoms with Crippen molar-refractivity contribution < 1.29 is 9.47 Å². The lowest BCUT2D eigenvalue weighted by Gasteiger charge is -2.15. The number of benzene rings is 1. The molecule has 0 bridgehead atoms. The van der Waals surface area contributed by atoms with E-state index in [0.29, 0.717) is 13.0 Å². The highest BCUT2D eigenvalue weighted by Gasteiger charge is 2.07. The summed E-state index contributed by atoms with van der Waals surface area (Å²) in [5.74, 6) is 0.767. The number of hydrogen-bond acceptors (Lipinski definition) is 3. The first-order valence-corrected chi connectivity index (χ1v) is 4.88. The summed E-state index contributed by atoms with van der Waals surface area (Å²) in [6.45, 7) is 2.48. The zero-order valence-corrected chi connectivity index (χ0v) is 9.06. The molecule has 0 aliphatic rings. The number of hydrogen-bond donors (Lipinski definition) is 0. The number of para-hydroxylation sites is 1. The van der Waals surface area contributed by atoms with Gasteiger partial charge in [-0.2, -0.15) is 5.26 Å². The number of nitrogens with zero attached hydrogens (tertiary/aromatic N) is 1. The molecule has 0 aliphatic carbocycles. The van der Waals surface area contributed by atoms with E-state index in [1.165, 1.54) is 0 Å². The molecule has 3 heteroatoms. The van der Waals surface area contributed by atoms with Crippen LogP contribution in [0.15, 0.2) is 24.3 Å². The van der Waals surface area contributed by atoms with Gasteiger partial charge < -0.3 is 9.47 Å². The average Bonchev–Trinajstić information content (AvgIpc) is 2.21. The van der Waals surface area contributed by atoms with Gasteiger partial charge in [-0.05, 0) is 13.0 Å². The molecular weight excluding hydrogens is 190 g/mol. The average molecular weight is 205 g/mol. The lowest BCUT2D eigenvalue weighted by atomic mass is 10.1. The molecule has 1 rings (SSSR count).